The number of rotatable bonds is 1. The molecule has 1 fully saturated rings. The zero-order valence-electron chi connectivity index (χ0n) is 7.78. The van der Waals surface area contributed by atoms with E-state index in [4.69, 9.17) is 12.2 Å². The zero-order chi connectivity index (χ0) is 10.1. The molecule has 0 aliphatic carbocycles. The predicted octanol–water partition coefficient (Wildman–Crippen LogP) is 1.22. The quantitative estimate of drug-likeness (QED) is 0.701. The van der Waals surface area contributed by atoms with Crippen LogP contribution in [0.2, 0.25) is 0 Å². The molecule has 0 bridgehead atoms. The van der Waals surface area contributed by atoms with Gasteiger partial charge >= 0.3 is 0 Å². The maximum atomic E-state index is 11.5. The standard InChI is InChI=1S/C10H10N2OS/c1-7-3-2-4-8(5-7)12-9(13)6-11-10(12)14/h2-5H,6H2,1H3,(H,11,14). The van der Waals surface area contributed by atoms with E-state index in [1.54, 1.807) is 0 Å². The Kier molecular flexibility index (Phi) is 2.21. The van der Waals surface area contributed by atoms with Gasteiger partial charge in [-0.2, -0.15) is 0 Å². The van der Waals surface area contributed by atoms with Crippen molar-refractivity contribution in [2.45, 2.75) is 6.92 Å². The first-order valence-electron chi connectivity index (χ1n) is 4.36. The van der Waals surface area contributed by atoms with Crippen molar-refractivity contribution in [2.24, 2.45) is 0 Å². The number of carbonyl (C=O) groups excluding carboxylic acids is 1. The molecule has 0 atom stereocenters. The summed E-state index contributed by atoms with van der Waals surface area (Å²) in [6.45, 7) is 2.29. The number of thiocarbonyl (C=S) groups is 1. The summed E-state index contributed by atoms with van der Waals surface area (Å²) in [5.74, 6) is 0.000556. The largest absolute Gasteiger partial charge is 0.353 e. The van der Waals surface area contributed by atoms with Crippen LogP contribution in [0, 0.1) is 6.92 Å². The van der Waals surface area contributed by atoms with Crippen LogP contribution in [0.15, 0.2) is 24.3 Å². The van der Waals surface area contributed by atoms with Gasteiger partial charge in [0, 0.05) is 0 Å². The molecule has 1 aliphatic heterocycles. The van der Waals surface area contributed by atoms with E-state index in [1.807, 2.05) is 31.2 Å². The molecule has 1 amide bonds. The molecule has 3 nitrogen and oxygen atoms in total. The van der Waals surface area contributed by atoms with Gasteiger partial charge in [-0.05, 0) is 36.8 Å². The summed E-state index contributed by atoms with van der Waals surface area (Å²) in [6, 6.07) is 7.72. The number of amides is 1. The van der Waals surface area contributed by atoms with Crippen molar-refractivity contribution < 1.29 is 4.79 Å². The van der Waals surface area contributed by atoms with Crippen LogP contribution in [-0.4, -0.2) is 17.6 Å². The molecule has 4 heteroatoms. The van der Waals surface area contributed by atoms with Crippen LogP contribution >= 0.6 is 12.2 Å². The van der Waals surface area contributed by atoms with Crippen LogP contribution in [-0.2, 0) is 4.79 Å². The molecule has 0 saturated carbocycles. The molecule has 1 aliphatic rings. The van der Waals surface area contributed by atoms with E-state index in [0.29, 0.717) is 11.7 Å². The maximum absolute atomic E-state index is 11.5. The van der Waals surface area contributed by atoms with Crippen LogP contribution in [0.25, 0.3) is 0 Å². The Labute approximate surface area is 87.7 Å². The van der Waals surface area contributed by atoms with E-state index >= 15 is 0 Å². The Morgan fingerprint density at radius 3 is 2.86 bits per heavy atom. The van der Waals surface area contributed by atoms with Crippen molar-refractivity contribution in [3.63, 3.8) is 0 Å². The minimum atomic E-state index is 0.000556. The number of anilines is 1. The first-order valence-corrected chi connectivity index (χ1v) is 4.77. The highest BCUT2D eigenvalue weighted by Crippen LogP contribution is 2.18. The zero-order valence-corrected chi connectivity index (χ0v) is 8.60. The van der Waals surface area contributed by atoms with Crippen LogP contribution in [0.3, 0.4) is 0 Å². The molecule has 2 rings (SSSR count). The second-order valence-electron chi connectivity index (χ2n) is 3.23. The first-order chi connectivity index (χ1) is 6.68. The molecule has 0 unspecified atom stereocenters. The summed E-state index contributed by atoms with van der Waals surface area (Å²) in [5, 5.41) is 3.33. The Morgan fingerprint density at radius 2 is 2.29 bits per heavy atom. The van der Waals surface area contributed by atoms with E-state index in [0.717, 1.165) is 11.3 Å². The predicted molar refractivity (Wildman–Crippen MR) is 59.3 cm³/mol. The number of benzene rings is 1. The lowest BCUT2D eigenvalue weighted by Crippen LogP contribution is -2.30. The summed E-state index contributed by atoms with van der Waals surface area (Å²) < 4.78 is 0. The average Bonchev–Trinajstić information content (AvgIpc) is 2.46. The lowest BCUT2D eigenvalue weighted by molar-refractivity contribution is -0.115. The first kappa shape index (κ1) is 9.15. The minimum Gasteiger partial charge on any atom is -0.353 e. The summed E-state index contributed by atoms with van der Waals surface area (Å²) >= 11 is 5.04. The summed E-state index contributed by atoms with van der Waals surface area (Å²) in [7, 11) is 0. The van der Waals surface area contributed by atoms with E-state index < -0.39 is 0 Å². The van der Waals surface area contributed by atoms with E-state index in [2.05, 4.69) is 5.32 Å². The highest BCUT2D eigenvalue weighted by atomic mass is 32.1. The number of hydrogen-bond donors (Lipinski definition) is 1. The third-order valence-electron chi connectivity index (χ3n) is 2.10. The molecule has 0 aromatic heterocycles. The fourth-order valence-corrected chi connectivity index (χ4v) is 1.73. The van der Waals surface area contributed by atoms with Gasteiger partial charge in [0.1, 0.15) is 0 Å². The molecular formula is C10H10N2OS. The van der Waals surface area contributed by atoms with E-state index in [9.17, 15) is 4.79 Å². The minimum absolute atomic E-state index is 0.000556. The summed E-state index contributed by atoms with van der Waals surface area (Å²) in [4.78, 5) is 13.0. The Hall–Kier alpha value is -1.42. The molecule has 0 spiro atoms. The fourth-order valence-electron chi connectivity index (χ4n) is 1.45. The van der Waals surface area contributed by atoms with Crippen molar-refractivity contribution in [1.82, 2.24) is 5.32 Å². The van der Waals surface area contributed by atoms with Gasteiger partial charge in [-0.3, -0.25) is 9.69 Å². The second-order valence-corrected chi connectivity index (χ2v) is 3.61. The second kappa shape index (κ2) is 3.38. The van der Waals surface area contributed by atoms with Crippen molar-refractivity contribution in [1.29, 1.82) is 0 Å². The number of aryl methyl sites for hydroxylation is 1. The molecule has 1 aromatic rings. The van der Waals surface area contributed by atoms with Gasteiger partial charge in [0.2, 0.25) is 0 Å². The average molecular weight is 206 g/mol. The number of nitrogens with one attached hydrogen (secondary N) is 1. The molecule has 14 heavy (non-hydrogen) atoms. The Bertz CT molecular complexity index is 387. The lowest BCUT2D eigenvalue weighted by Gasteiger charge is -2.14. The Morgan fingerprint density at radius 1 is 1.50 bits per heavy atom. The molecule has 72 valence electrons. The number of carbonyl (C=O) groups is 1. The third kappa shape index (κ3) is 1.48. The van der Waals surface area contributed by atoms with Crippen molar-refractivity contribution >= 4 is 28.9 Å². The molecule has 0 radical (unpaired) electrons. The fraction of sp³-hybridized carbons (Fsp3) is 0.200. The molecule has 1 N–H and O–H groups in total. The van der Waals surface area contributed by atoms with Crippen molar-refractivity contribution in [2.75, 3.05) is 11.4 Å². The van der Waals surface area contributed by atoms with Crippen LogP contribution in [0.4, 0.5) is 5.69 Å². The van der Waals surface area contributed by atoms with Crippen molar-refractivity contribution in [3.05, 3.63) is 29.8 Å². The van der Waals surface area contributed by atoms with E-state index in [1.165, 1.54) is 4.90 Å². The van der Waals surface area contributed by atoms with Gasteiger partial charge in [0.05, 0.1) is 12.2 Å². The molecule has 1 aromatic carbocycles. The van der Waals surface area contributed by atoms with Gasteiger partial charge < -0.3 is 5.32 Å². The molecule has 1 heterocycles. The van der Waals surface area contributed by atoms with Crippen molar-refractivity contribution in [3.8, 4) is 0 Å². The summed E-state index contributed by atoms with van der Waals surface area (Å²) in [5.41, 5.74) is 1.95. The van der Waals surface area contributed by atoms with Crippen LogP contribution in [0.1, 0.15) is 5.56 Å². The lowest BCUT2D eigenvalue weighted by atomic mass is 10.2. The molecule has 1 saturated heterocycles. The summed E-state index contributed by atoms with van der Waals surface area (Å²) in [6.07, 6.45) is 0. The van der Waals surface area contributed by atoms with Gasteiger partial charge in [-0.25, -0.2) is 0 Å². The monoisotopic (exact) mass is 206 g/mol. The normalized spacial score (nSPS) is 15.9. The highest BCUT2D eigenvalue weighted by molar-refractivity contribution is 7.80. The van der Waals surface area contributed by atoms with Crippen LogP contribution < -0.4 is 10.2 Å². The van der Waals surface area contributed by atoms with Gasteiger partial charge in [-0.1, -0.05) is 12.1 Å². The van der Waals surface area contributed by atoms with Gasteiger partial charge in [-0.15, -0.1) is 0 Å². The maximum Gasteiger partial charge on any atom is 0.252 e. The number of nitrogens with zero attached hydrogens (tertiary/aromatic N) is 1. The topological polar surface area (TPSA) is 32.3 Å². The highest BCUT2D eigenvalue weighted by Gasteiger charge is 2.26. The van der Waals surface area contributed by atoms with Gasteiger partial charge in [0.25, 0.3) is 5.91 Å². The van der Waals surface area contributed by atoms with Gasteiger partial charge in [0.15, 0.2) is 5.11 Å². The smallest absolute Gasteiger partial charge is 0.252 e. The number of hydrogen-bond acceptors (Lipinski definition) is 2. The SMILES string of the molecule is Cc1cccc(N2C(=O)CNC2=S)c1. The van der Waals surface area contributed by atoms with E-state index in [-0.39, 0.29) is 5.91 Å². The Balaban J connectivity index is 2.39. The third-order valence-corrected chi connectivity index (χ3v) is 2.43. The van der Waals surface area contributed by atoms with Crippen LogP contribution in [0.5, 0.6) is 0 Å². The molecular weight excluding hydrogens is 196 g/mol.